The van der Waals surface area contributed by atoms with Crippen LogP contribution >= 0.6 is 0 Å². The van der Waals surface area contributed by atoms with Crippen molar-refractivity contribution < 1.29 is 4.79 Å². The molecule has 1 aromatic rings. The molecule has 0 aliphatic rings. The first-order valence-electron chi connectivity index (χ1n) is 4.37. The molecule has 0 amide bonds. The molecule has 1 rings (SSSR count). The van der Waals surface area contributed by atoms with Crippen molar-refractivity contribution in [1.82, 2.24) is 4.98 Å². The van der Waals surface area contributed by atoms with E-state index in [9.17, 15) is 4.79 Å². The molecule has 3 nitrogen and oxygen atoms in total. The SMILES string of the molecule is CCC(=O)c1cc(C)cnc1CN. The summed E-state index contributed by atoms with van der Waals surface area (Å²) in [5.74, 6) is 0.108. The highest BCUT2D eigenvalue weighted by atomic mass is 16.1. The normalized spacial score (nSPS) is 10.1. The summed E-state index contributed by atoms with van der Waals surface area (Å²) in [6.07, 6.45) is 2.23. The Morgan fingerprint density at radius 3 is 2.85 bits per heavy atom. The molecule has 0 aromatic carbocycles. The minimum atomic E-state index is 0.108. The first kappa shape index (κ1) is 9.86. The second kappa shape index (κ2) is 4.14. The Labute approximate surface area is 78.0 Å². The number of rotatable bonds is 3. The second-order valence-corrected chi connectivity index (χ2v) is 2.99. The Bertz CT molecular complexity index is 321. The van der Waals surface area contributed by atoms with Gasteiger partial charge in [0, 0.05) is 24.7 Å². The summed E-state index contributed by atoms with van der Waals surface area (Å²) < 4.78 is 0. The van der Waals surface area contributed by atoms with Gasteiger partial charge in [-0.05, 0) is 18.6 Å². The highest BCUT2D eigenvalue weighted by Crippen LogP contribution is 2.10. The molecule has 1 heterocycles. The van der Waals surface area contributed by atoms with Gasteiger partial charge in [0.1, 0.15) is 0 Å². The molecule has 70 valence electrons. The second-order valence-electron chi connectivity index (χ2n) is 2.99. The molecule has 0 aliphatic heterocycles. The van der Waals surface area contributed by atoms with Crippen molar-refractivity contribution in [1.29, 1.82) is 0 Å². The van der Waals surface area contributed by atoms with Gasteiger partial charge in [-0.1, -0.05) is 6.92 Å². The number of aromatic nitrogens is 1. The number of hydrogen-bond donors (Lipinski definition) is 1. The van der Waals surface area contributed by atoms with Crippen molar-refractivity contribution in [2.75, 3.05) is 0 Å². The van der Waals surface area contributed by atoms with Gasteiger partial charge in [-0.15, -0.1) is 0 Å². The lowest BCUT2D eigenvalue weighted by Crippen LogP contribution is -2.09. The number of carbonyl (C=O) groups is 1. The van der Waals surface area contributed by atoms with E-state index in [0.717, 1.165) is 5.56 Å². The number of Topliss-reactive ketones (excluding diaryl/α,β-unsaturated/α-hetero) is 1. The van der Waals surface area contributed by atoms with Crippen molar-refractivity contribution in [2.45, 2.75) is 26.8 Å². The van der Waals surface area contributed by atoms with Gasteiger partial charge in [-0.2, -0.15) is 0 Å². The van der Waals surface area contributed by atoms with E-state index >= 15 is 0 Å². The van der Waals surface area contributed by atoms with Gasteiger partial charge in [0.15, 0.2) is 5.78 Å². The fourth-order valence-electron chi connectivity index (χ4n) is 1.19. The van der Waals surface area contributed by atoms with Crippen molar-refractivity contribution in [3.05, 3.63) is 29.1 Å². The molecule has 1 aromatic heterocycles. The zero-order valence-corrected chi connectivity index (χ0v) is 8.00. The third kappa shape index (κ3) is 2.12. The van der Waals surface area contributed by atoms with Crippen molar-refractivity contribution >= 4 is 5.78 Å². The first-order chi connectivity index (χ1) is 6.19. The summed E-state index contributed by atoms with van der Waals surface area (Å²) in [6, 6.07) is 1.85. The van der Waals surface area contributed by atoms with E-state index in [1.54, 1.807) is 6.20 Å². The molecule has 0 atom stereocenters. The Hall–Kier alpha value is -1.22. The summed E-state index contributed by atoms with van der Waals surface area (Å²) in [4.78, 5) is 15.6. The van der Waals surface area contributed by atoms with E-state index in [0.29, 0.717) is 24.2 Å². The topological polar surface area (TPSA) is 56.0 Å². The minimum Gasteiger partial charge on any atom is -0.325 e. The molecule has 0 aliphatic carbocycles. The van der Waals surface area contributed by atoms with E-state index in [4.69, 9.17) is 5.73 Å². The summed E-state index contributed by atoms with van der Waals surface area (Å²) >= 11 is 0. The maximum atomic E-state index is 11.4. The molecule has 3 heteroatoms. The molecule has 13 heavy (non-hydrogen) atoms. The van der Waals surface area contributed by atoms with E-state index in [1.807, 2.05) is 19.9 Å². The van der Waals surface area contributed by atoms with Crippen LogP contribution in [0.1, 0.15) is 35.0 Å². The highest BCUT2D eigenvalue weighted by molar-refractivity contribution is 5.96. The van der Waals surface area contributed by atoms with Crippen molar-refractivity contribution in [3.8, 4) is 0 Å². The Balaban J connectivity index is 3.15. The molecule has 0 saturated heterocycles. The zero-order chi connectivity index (χ0) is 9.84. The largest absolute Gasteiger partial charge is 0.325 e. The minimum absolute atomic E-state index is 0.108. The first-order valence-corrected chi connectivity index (χ1v) is 4.37. The Morgan fingerprint density at radius 1 is 1.62 bits per heavy atom. The lowest BCUT2D eigenvalue weighted by atomic mass is 10.1. The zero-order valence-electron chi connectivity index (χ0n) is 8.00. The fraction of sp³-hybridized carbons (Fsp3) is 0.400. The average Bonchev–Trinajstić information content (AvgIpc) is 2.16. The number of hydrogen-bond acceptors (Lipinski definition) is 3. The van der Waals surface area contributed by atoms with Crippen LogP contribution in [-0.2, 0) is 6.54 Å². The predicted octanol–water partition coefficient (Wildman–Crippen LogP) is 1.44. The average molecular weight is 178 g/mol. The van der Waals surface area contributed by atoms with E-state index in [2.05, 4.69) is 4.98 Å². The van der Waals surface area contributed by atoms with Gasteiger partial charge < -0.3 is 5.73 Å². The lowest BCUT2D eigenvalue weighted by Gasteiger charge is -2.05. The van der Waals surface area contributed by atoms with E-state index in [1.165, 1.54) is 0 Å². The molecule has 0 spiro atoms. The number of ketones is 1. The number of aryl methyl sites for hydroxylation is 1. The van der Waals surface area contributed by atoms with Gasteiger partial charge >= 0.3 is 0 Å². The third-order valence-corrected chi connectivity index (χ3v) is 1.92. The molecule has 0 unspecified atom stereocenters. The van der Waals surface area contributed by atoms with Crippen LogP contribution in [0.3, 0.4) is 0 Å². The Morgan fingerprint density at radius 2 is 2.31 bits per heavy atom. The van der Waals surface area contributed by atoms with Gasteiger partial charge in [0.2, 0.25) is 0 Å². The quantitative estimate of drug-likeness (QED) is 0.712. The standard InChI is InChI=1S/C10H14N2O/c1-3-10(13)8-4-7(2)6-12-9(8)5-11/h4,6H,3,5,11H2,1-2H3. The van der Waals surface area contributed by atoms with Gasteiger partial charge in [0.25, 0.3) is 0 Å². The van der Waals surface area contributed by atoms with Crippen LogP contribution in [0.25, 0.3) is 0 Å². The molecule has 0 saturated carbocycles. The van der Waals surface area contributed by atoms with E-state index in [-0.39, 0.29) is 5.78 Å². The fourth-order valence-corrected chi connectivity index (χ4v) is 1.19. The van der Waals surface area contributed by atoms with Crippen LogP contribution in [0.4, 0.5) is 0 Å². The smallest absolute Gasteiger partial charge is 0.164 e. The van der Waals surface area contributed by atoms with Crippen molar-refractivity contribution in [3.63, 3.8) is 0 Å². The van der Waals surface area contributed by atoms with Crippen LogP contribution in [0.15, 0.2) is 12.3 Å². The highest BCUT2D eigenvalue weighted by Gasteiger charge is 2.09. The third-order valence-electron chi connectivity index (χ3n) is 1.92. The van der Waals surface area contributed by atoms with Gasteiger partial charge in [0.05, 0.1) is 5.69 Å². The maximum Gasteiger partial charge on any atom is 0.164 e. The van der Waals surface area contributed by atoms with Crippen LogP contribution in [0.5, 0.6) is 0 Å². The molecule has 0 radical (unpaired) electrons. The van der Waals surface area contributed by atoms with Crippen LogP contribution in [-0.4, -0.2) is 10.8 Å². The lowest BCUT2D eigenvalue weighted by molar-refractivity contribution is 0.0986. The maximum absolute atomic E-state index is 11.4. The van der Waals surface area contributed by atoms with Gasteiger partial charge in [-0.25, -0.2) is 0 Å². The number of nitrogens with two attached hydrogens (primary N) is 1. The molecular formula is C10H14N2O. The summed E-state index contributed by atoms with van der Waals surface area (Å²) in [7, 11) is 0. The molecule has 0 fully saturated rings. The number of nitrogens with zero attached hydrogens (tertiary/aromatic N) is 1. The van der Waals surface area contributed by atoms with E-state index < -0.39 is 0 Å². The molecule has 2 N–H and O–H groups in total. The number of pyridine rings is 1. The summed E-state index contributed by atoms with van der Waals surface area (Å²) in [6.45, 7) is 4.08. The summed E-state index contributed by atoms with van der Waals surface area (Å²) in [5, 5.41) is 0. The summed E-state index contributed by atoms with van der Waals surface area (Å²) in [5.41, 5.74) is 7.84. The van der Waals surface area contributed by atoms with Crippen LogP contribution in [0, 0.1) is 6.92 Å². The predicted molar refractivity (Wildman–Crippen MR) is 51.5 cm³/mol. The Kier molecular flexibility index (Phi) is 3.14. The monoisotopic (exact) mass is 178 g/mol. The molecular weight excluding hydrogens is 164 g/mol. The van der Waals surface area contributed by atoms with Crippen LogP contribution < -0.4 is 5.73 Å². The molecule has 0 bridgehead atoms. The van der Waals surface area contributed by atoms with Crippen molar-refractivity contribution in [2.24, 2.45) is 5.73 Å². The number of carbonyl (C=O) groups excluding carboxylic acids is 1. The van der Waals surface area contributed by atoms with Gasteiger partial charge in [-0.3, -0.25) is 9.78 Å². The van der Waals surface area contributed by atoms with Crippen LogP contribution in [0.2, 0.25) is 0 Å².